The fraction of sp³-hybridized carbons (Fsp3) is 0.176. The van der Waals surface area contributed by atoms with Crippen LogP contribution in [0.2, 0.25) is 5.02 Å². The lowest BCUT2D eigenvalue weighted by molar-refractivity contribution is -0.118. The second-order valence-corrected chi connectivity index (χ2v) is 6.11. The summed E-state index contributed by atoms with van der Waals surface area (Å²) in [4.78, 5) is 11.7. The quantitative estimate of drug-likeness (QED) is 0.612. The molecule has 2 aromatic carbocycles. The Balaban J connectivity index is 1.69. The molecule has 4 nitrogen and oxygen atoms in total. The molecule has 23 heavy (non-hydrogen) atoms. The largest absolute Gasteiger partial charge is 0.497 e. The Labute approximate surface area is 144 Å². The molecule has 0 fully saturated rings. The van der Waals surface area contributed by atoms with E-state index in [1.165, 1.54) is 11.8 Å². The molecule has 0 unspecified atom stereocenters. The minimum absolute atomic E-state index is 0.131. The predicted octanol–water partition coefficient (Wildman–Crippen LogP) is 3.73. The van der Waals surface area contributed by atoms with Crippen LogP contribution in [0.25, 0.3) is 0 Å². The van der Waals surface area contributed by atoms with Crippen molar-refractivity contribution in [3.63, 3.8) is 0 Å². The molecule has 0 aliphatic carbocycles. The third kappa shape index (κ3) is 6.34. The Morgan fingerprint density at radius 2 is 1.91 bits per heavy atom. The lowest BCUT2D eigenvalue weighted by Gasteiger charge is -2.02. The highest BCUT2D eigenvalue weighted by Crippen LogP contribution is 2.15. The van der Waals surface area contributed by atoms with Gasteiger partial charge in [-0.05, 0) is 47.5 Å². The zero-order chi connectivity index (χ0) is 16.5. The van der Waals surface area contributed by atoms with Gasteiger partial charge in [0.25, 0.3) is 0 Å². The molecule has 2 rings (SSSR count). The molecular weight excluding hydrogens is 332 g/mol. The van der Waals surface area contributed by atoms with E-state index < -0.39 is 0 Å². The molecule has 0 heterocycles. The first-order chi connectivity index (χ1) is 11.2. The first-order valence-electron chi connectivity index (χ1n) is 6.95. The van der Waals surface area contributed by atoms with Crippen molar-refractivity contribution < 1.29 is 9.53 Å². The van der Waals surface area contributed by atoms with Gasteiger partial charge in [-0.1, -0.05) is 23.7 Å². The molecule has 0 spiro atoms. The highest BCUT2D eigenvalue weighted by Gasteiger charge is 2.01. The van der Waals surface area contributed by atoms with Gasteiger partial charge in [0.05, 0.1) is 19.1 Å². The number of carbonyl (C=O) groups excluding carboxylic acids is 1. The van der Waals surface area contributed by atoms with Gasteiger partial charge < -0.3 is 4.74 Å². The third-order valence-electron chi connectivity index (χ3n) is 2.93. The summed E-state index contributed by atoms with van der Waals surface area (Å²) in [6.07, 6.45) is 1.60. The van der Waals surface area contributed by atoms with Gasteiger partial charge in [0.2, 0.25) is 5.91 Å². The van der Waals surface area contributed by atoms with Gasteiger partial charge in [-0.2, -0.15) is 5.10 Å². The van der Waals surface area contributed by atoms with E-state index in [9.17, 15) is 4.79 Å². The van der Waals surface area contributed by atoms with Crippen LogP contribution in [0.15, 0.2) is 53.6 Å². The van der Waals surface area contributed by atoms with Crippen molar-refractivity contribution in [3.8, 4) is 5.75 Å². The number of benzene rings is 2. The number of methoxy groups -OCH3 is 1. The van der Waals surface area contributed by atoms with Gasteiger partial charge in [0.1, 0.15) is 5.75 Å². The third-order valence-corrected chi connectivity index (χ3v) is 4.19. The van der Waals surface area contributed by atoms with Gasteiger partial charge in [-0.25, -0.2) is 5.43 Å². The zero-order valence-corrected chi connectivity index (χ0v) is 14.2. The van der Waals surface area contributed by atoms with Crippen molar-refractivity contribution >= 4 is 35.5 Å². The van der Waals surface area contributed by atoms with Crippen LogP contribution >= 0.6 is 23.4 Å². The number of ether oxygens (including phenoxy) is 1. The maximum Gasteiger partial charge on any atom is 0.250 e. The molecule has 0 atom stereocenters. The highest BCUT2D eigenvalue weighted by atomic mass is 35.5. The van der Waals surface area contributed by atoms with E-state index in [4.69, 9.17) is 16.3 Å². The Morgan fingerprint density at radius 3 is 2.57 bits per heavy atom. The van der Waals surface area contributed by atoms with Crippen LogP contribution < -0.4 is 10.2 Å². The molecule has 0 aromatic heterocycles. The van der Waals surface area contributed by atoms with Crippen molar-refractivity contribution in [1.82, 2.24) is 5.43 Å². The molecule has 1 N–H and O–H groups in total. The molecular formula is C17H17ClN2O2S. The van der Waals surface area contributed by atoms with Crippen LogP contribution in [0.4, 0.5) is 0 Å². The second-order valence-electron chi connectivity index (χ2n) is 4.69. The van der Waals surface area contributed by atoms with Crippen molar-refractivity contribution in [2.45, 2.75) is 5.75 Å². The Morgan fingerprint density at radius 1 is 1.22 bits per heavy atom. The van der Waals surface area contributed by atoms with Gasteiger partial charge in [0.15, 0.2) is 0 Å². The number of hydrogen-bond donors (Lipinski definition) is 1. The smallest absolute Gasteiger partial charge is 0.250 e. The lowest BCUT2D eigenvalue weighted by atomic mass is 10.2. The number of amides is 1. The second kappa shape index (κ2) is 9.22. The van der Waals surface area contributed by atoms with Crippen LogP contribution in [0.5, 0.6) is 5.75 Å². The molecule has 0 saturated heterocycles. The fourth-order valence-corrected chi connectivity index (χ4v) is 2.65. The number of rotatable bonds is 7. The van der Waals surface area contributed by atoms with Crippen LogP contribution in [0.1, 0.15) is 11.1 Å². The van der Waals surface area contributed by atoms with Crippen molar-refractivity contribution in [1.29, 1.82) is 0 Å². The highest BCUT2D eigenvalue weighted by molar-refractivity contribution is 7.99. The summed E-state index contributed by atoms with van der Waals surface area (Å²) < 4.78 is 5.07. The number of hydrogen-bond acceptors (Lipinski definition) is 4. The topological polar surface area (TPSA) is 50.7 Å². The molecule has 0 bridgehead atoms. The van der Waals surface area contributed by atoms with Crippen molar-refractivity contribution in [2.24, 2.45) is 5.10 Å². The van der Waals surface area contributed by atoms with Crippen LogP contribution in [-0.4, -0.2) is 25.0 Å². The number of hydrazone groups is 1. The summed E-state index contributed by atoms with van der Waals surface area (Å²) in [6.45, 7) is 0. The summed E-state index contributed by atoms with van der Waals surface area (Å²) in [6, 6.07) is 15.0. The lowest BCUT2D eigenvalue weighted by Crippen LogP contribution is -2.19. The SMILES string of the molecule is COc1ccc(C=NNC(=O)CSCc2ccc(Cl)cc2)cc1. The van der Waals surface area contributed by atoms with E-state index in [0.29, 0.717) is 10.8 Å². The van der Waals surface area contributed by atoms with Gasteiger partial charge in [-0.3, -0.25) is 4.79 Å². The molecule has 6 heteroatoms. The summed E-state index contributed by atoms with van der Waals surface area (Å²) >= 11 is 7.35. The van der Waals surface area contributed by atoms with Crippen LogP contribution in [0, 0.1) is 0 Å². The maximum atomic E-state index is 11.7. The monoisotopic (exact) mass is 348 g/mol. The van der Waals surface area contributed by atoms with Crippen molar-refractivity contribution in [3.05, 3.63) is 64.7 Å². The molecule has 0 radical (unpaired) electrons. The summed E-state index contributed by atoms with van der Waals surface area (Å²) in [7, 11) is 1.62. The van der Waals surface area contributed by atoms with Gasteiger partial charge >= 0.3 is 0 Å². The molecule has 1 amide bonds. The van der Waals surface area contributed by atoms with E-state index in [1.807, 2.05) is 48.5 Å². The minimum atomic E-state index is -0.131. The predicted molar refractivity (Wildman–Crippen MR) is 96.3 cm³/mol. The Bertz CT molecular complexity index is 657. The van der Waals surface area contributed by atoms with Crippen molar-refractivity contribution in [2.75, 3.05) is 12.9 Å². The fourth-order valence-electron chi connectivity index (χ4n) is 1.74. The molecule has 0 aliphatic heterocycles. The Kier molecular flexibility index (Phi) is 6.97. The normalized spacial score (nSPS) is 10.7. The van der Waals surface area contributed by atoms with E-state index in [1.54, 1.807) is 13.3 Å². The van der Waals surface area contributed by atoms with E-state index in [0.717, 1.165) is 22.6 Å². The van der Waals surface area contributed by atoms with E-state index in [-0.39, 0.29) is 5.91 Å². The summed E-state index contributed by atoms with van der Waals surface area (Å²) in [5.41, 5.74) is 4.53. The average molecular weight is 349 g/mol. The van der Waals surface area contributed by atoms with E-state index >= 15 is 0 Å². The van der Waals surface area contributed by atoms with Crippen LogP contribution in [0.3, 0.4) is 0 Å². The van der Waals surface area contributed by atoms with Gasteiger partial charge in [0, 0.05) is 10.8 Å². The first-order valence-corrected chi connectivity index (χ1v) is 8.49. The zero-order valence-electron chi connectivity index (χ0n) is 12.7. The minimum Gasteiger partial charge on any atom is -0.497 e. The van der Waals surface area contributed by atoms with Crippen LogP contribution in [-0.2, 0) is 10.5 Å². The number of nitrogens with one attached hydrogen (secondary N) is 1. The molecule has 0 saturated carbocycles. The van der Waals surface area contributed by atoms with Gasteiger partial charge in [-0.15, -0.1) is 11.8 Å². The summed E-state index contributed by atoms with van der Waals surface area (Å²) in [5.74, 6) is 1.76. The number of thioether (sulfide) groups is 1. The number of nitrogens with zero attached hydrogens (tertiary/aromatic N) is 1. The maximum absolute atomic E-state index is 11.7. The average Bonchev–Trinajstić information content (AvgIpc) is 2.57. The summed E-state index contributed by atoms with van der Waals surface area (Å²) in [5, 5.41) is 4.65. The number of carbonyl (C=O) groups is 1. The number of halogens is 1. The Hall–Kier alpha value is -1.98. The molecule has 120 valence electrons. The molecule has 0 aliphatic rings. The first kappa shape index (κ1) is 17.4. The molecule has 2 aromatic rings. The standard InChI is InChI=1S/C17H17ClN2O2S/c1-22-16-8-4-13(5-9-16)10-19-20-17(21)12-23-11-14-2-6-15(18)7-3-14/h2-10H,11-12H2,1H3,(H,20,21). The van der Waals surface area contributed by atoms with E-state index in [2.05, 4.69) is 10.5 Å².